The summed E-state index contributed by atoms with van der Waals surface area (Å²) in [6.07, 6.45) is 0. The Kier molecular flexibility index (Phi) is 9.50. The van der Waals surface area contributed by atoms with E-state index in [1.54, 1.807) is 43.3 Å². The summed E-state index contributed by atoms with van der Waals surface area (Å²) in [6, 6.07) is 22.9. The Bertz CT molecular complexity index is 1580. The van der Waals surface area contributed by atoms with Gasteiger partial charge in [-0.05, 0) is 84.6 Å². The van der Waals surface area contributed by atoms with E-state index in [2.05, 4.69) is 13.2 Å². The van der Waals surface area contributed by atoms with E-state index in [0.717, 1.165) is 11.1 Å². The summed E-state index contributed by atoms with van der Waals surface area (Å²) < 4.78 is 50.7. The molecule has 0 aliphatic rings. The largest absolute Gasteiger partial charge is 0.490 e. The zero-order valence-electron chi connectivity index (χ0n) is 23.1. The van der Waals surface area contributed by atoms with Crippen LogP contribution in [0.15, 0.2) is 109 Å². The van der Waals surface area contributed by atoms with Gasteiger partial charge in [0.1, 0.15) is 30.5 Å². The molecule has 0 atom stereocenters. The molecule has 8 heteroatoms. The summed E-state index contributed by atoms with van der Waals surface area (Å²) in [6.45, 7) is 10.2. The fourth-order valence-corrected chi connectivity index (χ4v) is 3.73. The molecule has 0 N–H and O–H groups in total. The lowest BCUT2D eigenvalue weighted by atomic mass is 10.0. The van der Waals surface area contributed by atoms with Gasteiger partial charge in [-0.2, -0.15) is 0 Å². The molecule has 0 unspecified atom stereocenters. The Hall–Kier alpha value is -5.24. The highest BCUT2D eigenvalue weighted by Gasteiger charge is 2.15. The van der Waals surface area contributed by atoms with Crippen LogP contribution in [0.3, 0.4) is 0 Å². The number of esters is 2. The highest BCUT2D eigenvalue weighted by atomic mass is 19.1. The highest BCUT2D eigenvalue weighted by Crippen LogP contribution is 2.30. The van der Waals surface area contributed by atoms with Gasteiger partial charge < -0.3 is 18.9 Å². The summed E-state index contributed by atoms with van der Waals surface area (Å²) >= 11 is 0. The van der Waals surface area contributed by atoms with Crippen molar-refractivity contribution >= 4 is 11.9 Å². The summed E-state index contributed by atoms with van der Waals surface area (Å²) in [5.74, 6) is -1.98. The minimum absolute atomic E-state index is 0.0626. The monoisotopic (exact) mass is 570 g/mol. The van der Waals surface area contributed by atoms with Gasteiger partial charge in [0.25, 0.3) is 0 Å². The molecule has 0 amide bonds. The van der Waals surface area contributed by atoms with Crippen molar-refractivity contribution in [1.82, 2.24) is 0 Å². The van der Waals surface area contributed by atoms with Crippen molar-refractivity contribution in [3.05, 3.63) is 121 Å². The predicted molar refractivity (Wildman–Crippen MR) is 156 cm³/mol. The number of rotatable bonds is 11. The Balaban J connectivity index is 1.29. The average molecular weight is 571 g/mol. The van der Waals surface area contributed by atoms with E-state index in [0.29, 0.717) is 33.9 Å². The number of ether oxygens (including phenoxy) is 4. The number of benzene rings is 4. The highest BCUT2D eigenvalue weighted by molar-refractivity contribution is 5.89. The van der Waals surface area contributed by atoms with Crippen LogP contribution < -0.4 is 18.9 Å². The third-order valence-corrected chi connectivity index (χ3v) is 5.94. The van der Waals surface area contributed by atoms with E-state index >= 15 is 0 Å². The molecule has 0 aliphatic carbocycles. The third-order valence-electron chi connectivity index (χ3n) is 5.94. The van der Waals surface area contributed by atoms with Crippen molar-refractivity contribution in [3.63, 3.8) is 0 Å². The third kappa shape index (κ3) is 7.69. The van der Waals surface area contributed by atoms with Gasteiger partial charge in [-0.1, -0.05) is 49.6 Å². The summed E-state index contributed by atoms with van der Waals surface area (Å²) in [5, 5.41) is 0. The molecule has 0 radical (unpaired) electrons. The molecule has 6 nitrogen and oxygen atoms in total. The minimum atomic E-state index is -0.854. The molecule has 0 saturated heterocycles. The zero-order chi connectivity index (χ0) is 30.2. The van der Waals surface area contributed by atoms with Crippen LogP contribution in [0, 0.1) is 11.6 Å². The van der Waals surface area contributed by atoms with Gasteiger partial charge in [0.05, 0.1) is 0 Å². The van der Waals surface area contributed by atoms with Crippen molar-refractivity contribution in [2.24, 2.45) is 0 Å². The molecule has 4 aromatic rings. The van der Waals surface area contributed by atoms with Crippen molar-refractivity contribution in [2.45, 2.75) is 13.8 Å². The van der Waals surface area contributed by atoms with Crippen LogP contribution in [-0.4, -0.2) is 25.2 Å². The zero-order valence-corrected chi connectivity index (χ0v) is 23.1. The van der Waals surface area contributed by atoms with E-state index in [1.807, 2.05) is 24.3 Å². The van der Waals surface area contributed by atoms with Crippen LogP contribution in [0.2, 0.25) is 0 Å². The van der Waals surface area contributed by atoms with Gasteiger partial charge in [-0.15, -0.1) is 0 Å². The molecule has 214 valence electrons. The SMILES string of the molecule is C=C(C)C(=O)Oc1ccc(-c2ccc(OCCOc3c(F)cc(-c4ccc(OC(=O)C(=C)C)cc4)cc3F)cc2)cc1. The van der Waals surface area contributed by atoms with E-state index in [-0.39, 0.29) is 18.8 Å². The maximum atomic E-state index is 14.7. The first-order valence-corrected chi connectivity index (χ1v) is 12.9. The molecule has 0 bridgehead atoms. The smallest absolute Gasteiger partial charge is 0.338 e. The minimum Gasteiger partial charge on any atom is -0.490 e. The summed E-state index contributed by atoms with van der Waals surface area (Å²) in [5.41, 5.74) is 3.24. The Morgan fingerprint density at radius 3 is 1.33 bits per heavy atom. The van der Waals surface area contributed by atoms with Gasteiger partial charge in [0, 0.05) is 11.1 Å². The molecule has 4 aromatic carbocycles. The number of carbonyl (C=O) groups is 2. The van der Waals surface area contributed by atoms with Crippen LogP contribution in [-0.2, 0) is 9.59 Å². The number of hydrogen-bond donors (Lipinski definition) is 0. The summed E-state index contributed by atoms with van der Waals surface area (Å²) in [4.78, 5) is 23.3. The molecular weight excluding hydrogens is 542 g/mol. The lowest BCUT2D eigenvalue weighted by Gasteiger charge is -2.12. The molecule has 0 heterocycles. The Morgan fingerprint density at radius 1 is 0.571 bits per heavy atom. The lowest BCUT2D eigenvalue weighted by molar-refractivity contribution is -0.130. The van der Waals surface area contributed by atoms with Crippen molar-refractivity contribution in [1.29, 1.82) is 0 Å². The molecular formula is C34H28F2O6. The van der Waals surface area contributed by atoms with Gasteiger partial charge in [-0.3, -0.25) is 0 Å². The van der Waals surface area contributed by atoms with Crippen molar-refractivity contribution in [2.75, 3.05) is 13.2 Å². The topological polar surface area (TPSA) is 71.1 Å². The fourth-order valence-electron chi connectivity index (χ4n) is 3.73. The number of carbonyl (C=O) groups excluding carboxylic acids is 2. The van der Waals surface area contributed by atoms with Crippen LogP contribution in [0.1, 0.15) is 13.8 Å². The van der Waals surface area contributed by atoms with Crippen molar-refractivity contribution < 1.29 is 37.3 Å². The van der Waals surface area contributed by atoms with E-state index in [9.17, 15) is 18.4 Å². The van der Waals surface area contributed by atoms with Gasteiger partial charge in [-0.25, -0.2) is 18.4 Å². The normalized spacial score (nSPS) is 10.5. The maximum absolute atomic E-state index is 14.7. The second-order valence-electron chi connectivity index (χ2n) is 9.38. The van der Waals surface area contributed by atoms with Crippen LogP contribution in [0.4, 0.5) is 8.78 Å². The molecule has 4 rings (SSSR count). The lowest BCUT2D eigenvalue weighted by Crippen LogP contribution is -2.10. The molecule has 0 aliphatic heterocycles. The molecule has 0 fully saturated rings. The quantitative estimate of drug-likeness (QED) is 0.0796. The first-order valence-electron chi connectivity index (χ1n) is 12.9. The maximum Gasteiger partial charge on any atom is 0.338 e. The second-order valence-corrected chi connectivity index (χ2v) is 9.38. The summed E-state index contributed by atoms with van der Waals surface area (Å²) in [7, 11) is 0. The standard InChI is InChI=1S/C34H28F2O6/c1-21(2)33(37)41-28-13-7-24(8-14-28)23-5-11-27(12-6-23)39-17-18-40-32-30(35)19-26(20-31(32)36)25-9-15-29(16-10-25)42-34(38)22(3)4/h5-16,19-20H,1,3,17-18H2,2,4H3. The average Bonchev–Trinajstić information content (AvgIpc) is 2.97. The number of halogens is 2. The van der Waals surface area contributed by atoms with Crippen LogP contribution in [0.5, 0.6) is 23.0 Å². The van der Waals surface area contributed by atoms with E-state index in [4.69, 9.17) is 18.9 Å². The molecule has 0 saturated carbocycles. The number of hydrogen-bond acceptors (Lipinski definition) is 6. The second kappa shape index (κ2) is 13.4. The van der Waals surface area contributed by atoms with Gasteiger partial charge >= 0.3 is 11.9 Å². The molecule has 0 spiro atoms. The Morgan fingerprint density at radius 2 is 0.929 bits per heavy atom. The van der Waals surface area contributed by atoms with Crippen LogP contribution >= 0.6 is 0 Å². The van der Waals surface area contributed by atoms with Gasteiger partial charge in [0.15, 0.2) is 17.4 Å². The fraction of sp³-hybridized carbons (Fsp3) is 0.118. The van der Waals surface area contributed by atoms with E-state index in [1.165, 1.54) is 31.2 Å². The predicted octanol–water partition coefficient (Wildman–Crippen LogP) is 7.72. The van der Waals surface area contributed by atoms with Crippen molar-refractivity contribution in [3.8, 4) is 45.3 Å². The van der Waals surface area contributed by atoms with E-state index < -0.39 is 29.3 Å². The molecule has 0 aromatic heterocycles. The molecule has 42 heavy (non-hydrogen) atoms. The van der Waals surface area contributed by atoms with Crippen LogP contribution in [0.25, 0.3) is 22.3 Å². The van der Waals surface area contributed by atoms with Gasteiger partial charge in [0.2, 0.25) is 0 Å². The first-order chi connectivity index (χ1) is 20.1. The first kappa shape index (κ1) is 29.7. The Labute approximate surface area is 242 Å².